The van der Waals surface area contributed by atoms with Crippen molar-refractivity contribution in [3.05, 3.63) is 82.5 Å². The Hall–Kier alpha value is -3.41. The number of para-hydroxylation sites is 1. The van der Waals surface area contributed by atoms with Gasteiger partial charge in [-0.1, -0.05) is 37.3 Å². The largest absolute Gasteiger partial charge is 0.497 e. The fraction of sp³-hybridized carbons (Fsp3) is 0.190. The summed E-state index contributed by atoms with van der Waals surface area (Å²) in [6.45, 7) is 2.47. The van der Waals surface area contributed by atoms with Crippen LogP contribution in [0.15, 0.2) is 65.6 Å². The summed E-state index contributed by atoms with van der Waals surface area (Å²) in [5, 5.41) is 4.92. The maximum Gasteiger partial charge on any atom is 0.264 e. The lowest BCUT2D eigenvalue weighted by molar-refractivity contribution is 0.414. The van der Waals surface area contributed by atoms with E-state index < -0.39 is 0 Å². The first-order chi connectivity index (χ1) is 13.2. The van der Waals surface area contributed by atoms with Crippen LogP contribution in [0.1, 0.15) is 18.3 Å². The van der Waals surface area contributed by atoms with Gasteiger partial charge in [0.05, 0.1) is 25.5 Å². The molecule has 6 nitrogen and oxygen atoms in total. The van der Waals surface area contributed by atoms with E-state index in [-0.39, 0.29) is 5.56 Å². The molecule has 0 aliphatic rings. The van der Waals surface area contributed by atoms with Crippen molar-refractivity contribution in [1.82, 2.24) is 19.3 Å². The minimum Gasteiger partial charge on any atom is -0.497 e. The Labute approximate surface area is 156 Å². The van der Waals surface area contributed by atoms with E-state index in [9.17, 15) is 4.79 Å². The number of rotatable bonds is 5. The lowest BCUT2D eigenvalue weighted by Crippen LogP contribution is -2.25. The molecule has 0 radical (unpaired) electrons. The molecule has 0 amide bonds. The fourth-order valence-electron chi connectivity index (χ4n) is 3.15. The molecule has 0 atom stereocenters. The van der Waals surface area contributed by atoms with E-state index in [1.54, 1.807) is 22.6 Å². The summed E-state index contributed by atoms with van der Waals surface area (Å²) in [5.41, 5.74) is 2.42. The number of hydrogen-bond acceptors (Lipinski definition) is 4. The van der Waals surface area contributed by atoms with Gasteiger partial charge in [0.15, 0.2) is 5.65 Å². The van der Waals surface area contributed by atoms with Gasteiger partial charge in [0, 0.05) is 6.42 Å². The van der Waals surface area contributed by atoms with Crippen molar-refractivity contribution < 1.29 is 4.74 Å². The monoisotopic (exact) mass is 360 g/mol. The van der Waals surface area contributed by atoms with Crippen LogP contribution >= 0.6 is 0 Å². The van der Waals surface area contributed by atoms with E-state index in [0.717, 1.165) is 22.8 Å². The second-order valence-corrected chi connectivity index (χ2v) is 6.25. The first kappa shape index (κ1) is 17.0. The van der Waals surface area contributed by atoms with E-state index in [0.29, 0.717) is 24.0 Å². The van der Waals surface area contributed by atoms with Crippen LogP contribution < -0.4 is 10.3 Å². The molecule has 0 spiro atoms. The minimum atomic E-state index is -0.0742. The van der Waals surface area contributed by atoms with Gasteiger partial charge >= 0.3 is 0 Å². The average molecular weight is 360 g/mol. The number of hydrogen-bond donors (Lipinski definition) is 0. The first-order valence-electron chi connectivity index (χ1n) is 8.87. The number of ether oxygens (including phenoxy) is 1. The molecule has 0 fully saturated rings. The number of aryl methyl sites for hydroxylation is 1. The quantitative estimate of drug-likeness (QED) is 0.548. The lowest BCUT2D eigenvalue weighted by Gasteiger charge is -2.12. The minimum absolute atomic E-state index is 0.0742. The third kappa shape index (κ3) is 3.10. The number of methoxy groups -OCH3 is 1. The molecule has 6 heteroatoms. The van der Waals surface area contributed by atoms with Crippen LogP contribution in [0, 0.1) is 0 Å². The summed E-state index contributed by atoms with van der Waals surface area (Å²) in [5.74, 6) is 1.53. The number of benzene rings is 2. The normalized spacial score (nSPS) is 11.0. The molecule has 2 aromatic heterocycles. The Morgan fingerprint density at radius 1 is 1.04 bits per heavy atom. The molecule has 0 aliphatic heterocycles. The van der Waals surface area contributed by atoms with Crippen LogP contribution in [0.4, 0.5) is 0 Å². The van der Waals surface area contributed by atoms with Crippen molar-refractivity contribution in [2.75, 3.05) is 7.11 Å². The third-order valence-corrected chi connectivity index (χ3v) is 4.58. The highest BCUT2D eigenvalue weighted by Gasteiger charge is 2.15. The molecular weight excluding hydrogens is 340 g/mol. The summed E-state index contributed by atoms with van der Waals surface area (Å²) in [4.78, 5) is 17.9. The maximum atomic E-state index is 13.1. The fourth-order valence-corrected chi connectivity index (χ4v) is 3.15. The van der Waals surface area contributed by atoms with Crippen molar-refractivity contribution in [2.24, 2.45) is 0 Å². The Morgan fingerprint density at radius 2 is 1.78 bits per heavy atom. The Kier molecular flexibility index (Phi) is 4.46. The Balaban J connectivity index is 1.82. The van der Waals surface area contributed by atoms with Gasteiger partial charge < -0.3 is 4.74 Å². The Morgan fingerprint density at radius 3 is 2.44 bits per heavy atom. The first-order valence-corrected chi connectivity index (χ1v) is 8.87. The molecule has 0 bridgehead atoms. The molecule has 0 N–H and O–H groups in total. The second kappa shape index (κ2) is 7.07. The zero-order valence-electron chi connectivity index (χ0n) is 15.3. The lowest BCUT2D eigenvalue weighted by atomic mass is 10.2. The third-order valence-electron chi connectivity index (χ3n) is 4.58. The zero-order chi connectivity index (χ0) is 18.8. The number of aromatic nitrogens is 4. The van der Waals surface area contributed by atoms with Gasteiger partial charge in [0.1, 0.15) is 17.0 Å². The van der Waals surface area contributed by atoms with Crippen LogP contribution in [-0.4, -0.2) is 26.4 Å². The van der Waals surface area contributed by atoms with Crippen molar-refractivity contribution in [3.63, 3.8) is 0 Å². The standard InChI is InChI=1S/C21H20N4O2/c1-3-19-23-20-18(13-22-25(20)16-7-5-4-6-8-16)21(26)24(19)14-15-9-11-17(27-2)12-10-15/h4-13H,3,14H2,1-2H3. The molecule has 0 saturated carbocycles. The van der Waals surface area contributed by atoms with Crippen molar-refractivity contribution in [3.8, 4) is 11.4 Å². The van der Waals surface area contributed by atoms with Gasteiger partial charge in [-0.15, -0.1) is 0 Å². The van der Waals surface area contributed by atoms with Crippen molar-refractivity contribution in [1.29, 1.82) is 0 Å². The molecule has 0 unspecified atom stereocenters. The highest BCUT2D eigenvalue weighted by molar-refractivity contribution is 5.75. The maximum absolute atomic E-state index is 13.1. The topological polar surface area (TPSA) is 61.9 Å². The molecule has 2 aromatic carbocycles. The highest BCUT2D eigenvalue weighted by Crippen LogP contribution is 2.16. The van der Waals surface area contributed by atoms with Crippen molar-refractivity contribution >= 4 is 11.0 Å². The van der Waals surface area contributed by atoms with E-state index in [1.165, 1.54) is 0 Å². The summed E-state index contributed by atoms with van der Waals surface area (Å²) in [7, 11) is 1.64. The number of nitrogens with zero attached hydrogens (tertiary/aromatic N) is 4. The summed E-state index contributed by atoms with van der Waals surface area (Å²) in [6.07, 6.45) is 2.25. The van der Waals surface area contributed by atoms with E-state index >= 15 is 0 Å². The summed E-state index contributed by atoms with van der Waals surface area (Å²) in [6, 6.07) is 17.4. The predicted molar refractivity (Wildman–Crippen MR) is 105 cm³/mol. The van der Waals surface area contributed by atoms with Crippen LogP contribution in [0.2, 0.25) is 0 Å². The SMILES string of the molecule is CCc1nc2c(cnn2-c2ccccc2)c(=O)n1Cc1ccc(OC)cc1. The molecule has 4 aromatic rings. The van der Waals surface area contributed by atoms with Gasteiger partial charge in [-0.05, 0) is 29.8 Å². The molecule has 0 aliphatic carbocycles. The zero-order valence-corrected chi connectivity index (χ0v) is 15.3. The Bertz CT molecular complexity index is 1130. The van der Waals surface area contributed by atoms with Gasteiger partial charge in [0.25, 0.3) is 5.56 Å². The van der Waals surface area contributed by atoms with Gasteiger partial charge in [-0.25, -0.2) is 9.67 Å². The molecule has 27 heavy (non-hydrogen) atoms. The number of fused-ring (bicyclic) bond motifs is 1. The molecule has 136 valence electrons. The van der Waals surface area contributed by atoms with Crippen LogP contribution in [-0.2, 0) is 13.0 Å². The smallest absolute Gasteiger partial charge is 0.264 e. The summed E-state index contributed by atoms with van der Waals surface area (Å²) >= 11 is 0. The molecule has 2 heterocycles. The van der Waals surface area contributed by atoms with E-state index in [4.69, 9.17) is 9.72 Å². The van der Waals surface area contributed by atoms with Gasteiger partial charge in [0.2, 0.25) is 0 Å². The predicted octanol–water partition coefficient (Wildman–Crippen LogP) is 3.20. The highest BCUT2D eigenvalue weighted by atomic mass is 16.5. The van der Waals surface area contributed by atoms with Gasteiger partial charge in [-0.2, -0.15) is 5.10 Å². The van der Waals surface area contributed by atoms with E-state index in [1.807, 2.05) is 61.5 Å². The molecule has 0 saturated heterocycles. The van der Waals surface area contributed by atoms with E-state index in [2.05, 4.69) is 5.10 Å². The van der Waals surface area contributed by atoms with Crippen LogP contribution in [0.5, 0.6) is 5.75 Å². The van der Waals surface area contributed by atoms with Crippen molar-refractivity contribution in [2.45, 2.75) is 19.9 Å². The average Bonchev–Trinajstić information content (AvgIpc) is 3.15. The van der Waals surface area contributed by atoms with Gasteiger partial charge in [-0.3, -0.25) is 9.36 Å². The van der Waals surface area contributed by atoms with Crippen LogP contribution in [0.25, 0.3) is 16.7 Å². The van der Waals surface area contributed by atoms with Crippen LogP contribution in [0.3, 0.4) is 0 Å². The second-order valence-electron chi connectivity index (χ2n) is 6.25. The molecule has 4 rings (SSSR count). The summed E-state index contributed by atoms with van der Waals surface area (Å²) < 4.78 is 8.64. The molecular formula is C21H20N4O2.